The fraction of sp³-hybridized carbons (Fsp3) is 0.429. The van der Waals surface area contributed by atoms with E-state index in [-0.39, 0.29) is 35.5 Å². The van der Waals surface area contributed by atoms with Gasteiger partial charge in [0.05, 0.1) is 5.56 Å². The van der Waals surface area contributed by atoms with Crippen LogP contribution in [0, 0.1) is 22.7 Å². The van der Waals surface area contributed by atoms with E-state index < -0.39 is 62.7 Å². The van der Waals surface area contributed by atoms with Crippen LogP contribution in [0.1, 0.15) is 90.3 Å². The molecule has 0 aliphatic heterocycles. The maximum absolute atomic E-state index is 14.7. The number of aliphatic hydroxyl groups is 3. The van der Waals surface area contributed by atoms with Crippen LogP contribution >= 0.6 is 0 Å². The summed E-state index contributed by atoms with van der Waals surface area (Å²) in [5.74, 6) is -5.19. The van der Waals surface area contributed by atoms with Crippen LogP contribution in [0.15, 0.2) is 65.4 Å². The SMILES string of the molecule is CCCC(=O)CCCc1ccc(-c2ccc(O)c3c2C[C@]2(C)C[C@]4(C)C(C(C)C)C(=O)C(C(C)=O)=C(O)[C@]4(O)C(=O)C2=C3O)c2ccccc12. The number of allylic oxidation sites excluding steroid dienone is 1. The number of fused-ring (bicyclic) bond motifs is 4. The van der Waals surface area contributed by atoms with Crippen LogP contribution < -0.4 is 0 Å². The van der Waals surface area contributed by atoms with Crippen molar-refractivity contribution in [3.63, 3.8) is 0 Å². The van der Waals surface area contributed by atoms with Crippen molar-refractivity contribution in [3.05, 3.63) is 82.1 Å². The molecule has 4 atom stereocenters. The second-order valence-corrected chi connectivity index (χ2v) is 15.4. The molecule has 1 saturated carbocycles. The van der Waals surface area contributed by atoms with Crippen molar-refractivity contribution in [2.75, 3.05) is 0 Å². The lowest BCUT2D eigenvalue weighted by atomic mass is 9.43. The van der Waals surface area contributed by atoms with E-state index in [9.17, 15) is 39.6 Å². The summed E-state index contributed by atoms with van der Waals surface area (Å²) in [5, 5.41) is 49.0. The molecule has 8 heteroatoms. The number of benzene rings is 3. The largest absolute Gasteiger partial charge is 0.508 e. The normalized spacial score (nSPS) is 26.3. The third-order valence-electron chi connectivity index (χ3n) is 11.6. The van der Waals surface area contributed by atoms with Crippen molar-refractivity contribution in [2.45, 2.75) is 92.1 Å². The lowest BCUT2D eigenvalue weighted by Gasteiger charge is -2.59. The number of ketones is 4. The second-order valence-electron chi connectivity index (χ2n) is 15.4. The van der Waals surface area contributed by atoms with E-state index in [1.807, 2.05) is 38.1 Å². The molecule has 0 bridgehead atoms. The Bertz CT molecular complexity index is 2050. The van der Waals surface area contributed by atoms with Crippen molar-refractivity contribution >= 4 is 39.7 Å². The molecule has 1 fully saturated rings. The number of aromatic hydroxyl groups is 1. The van der Waals surface area contributed by atoms with Gasteiger partial charge in [-0.2, -0.15) is 0 Å². The Labute approximate surface area is 292 Å². The van der Waals surface area contributed by atoms with Crippen LogP contribution in [0.5, 0.6) is 5.75 Å². The molecule has 50 heavy (non-hydrogen) atoms. The summed E-state index contributed by atoms with van der Waals surface area (Å²) in [6, 6.07) is 15.3. The maximum atomic E-state index is 14.7. The minimum atomic E-state index is -2.66. The van der Waals surface area contributed by atoms with Crippen LogP contribution in [0.3, 0.4) is 0 Å². The summed E-state index contributed by atoms with van der Waals surface area (Å²) in [7, 11) is 0. The highest BCUT2D eigenvalue weighted by Crippen LogP contribution is 2.65. The molecular weight excluding hydrogens is 632 g/mol. The number of hydrogen-bond acceptors (Lipinski definition) is 8. The highest BCUT2D eigenvalue weighted by Gasteiger charge is 2.72. The fourth-order valence-electron chi connectivity index (χ4n) is 9.66. The molecule has 3 aliphatic carbocycles. The first kappa shape index (κ1) is 35.3. The Balaban J connectivity index is 1.53. The number of hydrogen-bond donors (Lipinski definition) is 4. The van der Waals surface area contributed by atoms with E-state index in [1.165, 1.54) is 6.07 Å². The quantitative estimate of drug-likeness (QED) is 0.168. The molecule has 3 aliphatic rings. The Hall–Kier alpha value is -4.56. The second kappa shape index (κ2) is 12.3. The van der Waals surface area contributed by atoms with Gasteiger partial charge in [0, 0.05) is 35.2 Å². The van der Waals surface area contributed by atoms with E-state index in [4.69, 9.17) is 0 Å². The van der Waals surface area contributed by atoms with Gasteiger partial charge in [-0.15, -0.1) is 0 Å². The van der Waals surface area contributed by atoms with Crippen LogP contribution in [0.25, 0.3) is 27.7 Å². The minimum Gasteiger partial charge on any atom is -0.508 e. The number of carbonyl (C=O) groups excluding carboxylic acids is 4. The predicted molar refractivity (Wildman–Crippen MR) is 192 cm³/mol. The number of Topliss-reactive ketones (excluding diaryl/α,β-unsaturated/α-hetero) is 4. The standard InChI is InChI=1S/C42H46O8/c1-7-11-25(44)13-10-12-24-16-17-28(27-15-9-8-14-26(24)27)29-18-19-31(45)33-30(29)20-40(5)21-41(6)34(22(2)3)36(46)32(23(4)43)38(48)42(41,50)39(49)35(40)37(33)47/h8-9,14-19,22,34,45,47-48,50H,7,10-13,20-21H2,1-6H3/t34?,40-,41-,42+/m1/s1. The molecule has 1 unspecified atom stereocenters. The summed E-state index contributed by atoms with van der Waals surface area (Å²) < 4.78 is 0. The van der Waals surface area contributed by atoms with E-state index in [2.05, 4.69) is 12.1 Å². The number of carbonyl (C=O) groups is 4. The van der Waals surface area contributed by atoms with Crippen LogP contribution in [0.2, 0.25) is 0 Å². The molecule has 8 nitrogen and oxygen atoms in total. The Morgan fingerprint density at radius 1 is 0.920 bits per heavy atom. The van der Waals surface area contributed by atoms with E-state index in [0.717, 1.165) is 53.6 Å². The first-order valence-corrected chi connectivity index (χ1v) is 17.6. The van der Waals surface area contributed by atoms with E-state index in [0.29, 0.717) is 18.4 Å². The van der Waals surface area contributed by atoms with Crippen LogP contribution in [-0.2, 0) is 32.0 Å². The molecule has 262 valence electrons. The molecule has 0 saturated heterocycles. The lowest BCUT2D eigenvalue weighted by molar-refractivity contribution is -0.178. The monoisotopic (exact) mass is 678 g/mol. The summed E-state index contributed by atoms with van der Waals surface area (Å²) in [5.41, 5.74) is -2.63. The molecule has 6 rings (SSSR count). The molecule has 3 aromatic carbocycles. The maximum Gasteiger partial charge on any atom is 0.203 e. The molecule has 0 aromatic heterocycles. The molecule has 0 spiro atoms. The zero-order valence-corrected chi connectivity index (χ0v) is 29.6. The zero-order chi connectivity index (χ0) is 36.5. The van der Waals surface area contributed by atoms with Gasteiger partial charge in [0.1, 0.15) is 28.6 Å². The molecule has 0 amide bonds. The predicted octanol–water partition coefficient (Wildman–Crippen LogP) is 7.70. The van der Waals surface area contributed by atoms with Crippen molar-refractivity contribution in [3.8, 4) is 16.9 Å². The third kappa shape index (κ3) is 4.97. The lowest BCUT2D eigenvalue weighted by Crippen LogP contribution is -2.69. The third-order valence-corrected chi connectivity index (χ3v) is 11.6. The van der Waals surface area contributed by atoms with Crippen LogP contribution in [-0.4, -0.2) is 49.2 Å². The van der Waals surface area contributed by atoms with Crippen molar-refractivity contribution in [1.82, 2.24) is 0 Å². The first-order chi connectivity index (χ1) is 23.5. The number of rotatable bonds is 9. The summed E-state index contributed by atoms with van der Waals surface area (Å²) in [6.45, 7) is 10.1. The Morgan fingerprint density at radius 3 is 2.22 bits per heavy atom. The number of phenolic OH excluding ortho intramolecular Hbond substituents is 1. The van der Waals surface area contributed by atoms with Gasteiger partial charge < -0.3 is 20.4 Å². The van der Waals surface area contributed by atoms with Gasteiger partial charge in [0.2, 0.25) is 5.78 Å². The summed E-state index contributed by atoms with van der Waals surface area (Å²) >= 11 is 0. The van der Waals surface area contributed by atoms with Gasteiger partial charge in [-0.25, -0.2) is 0 Å². The number of phenols is 1. The van der Waals surface area contributed by atoms with Crippen LogP contribution in [0.4, 0.5) is 0 Å². The first-order valence-electron chi connectivity index (χ1n) is 17.6. The average molecular weight is 679 g/mol. The minimum absolute atomic E-state index is 0.0242. The highest BCUT2D eigenvalue weighted by molar-refractivity contribution is 6.24. The van der Waals surface area contributed by atoms with Gasteiger partial charge in [0.25, 0.3) is 0 Å². The van der Waals surface area contributed by atoms with Gasteiger partial charge in [0.15, 0.2) is 17.2 Å². The van der Waals surface area contributed by atoms with E-state index >= 15 is 0 Å². The van der Waals surface area contributed by atoms with Crippen molar-refractivity contribution < 1.29 is 39.6 Å². The molecule has 0 radical (unpaired) electrons. The topological polar surface area (TPSA) is 149 Å². The molecular formula is C42H46O8. The fourth-order valence-corrected chi connectivity index (χ4v) is 9.66. The summed E-state index contributed by atoms with van der Waals surface area (Å²) in [6.07, 6.45) is 3.64. The smallest absolute Gasteiger partial charge is 0.203 e. The highest BCUT2D eigenvalue weighted by atomic mass is 16.3. The molecule has 3 aromatic rings. The Kier molecular flexibility index (Phi) is 8.70. The molecule has 0 heterocycles. The van der Waals surface area contributed by atoms with Crippen molar-refractivity contribution in [2.24, 2.45) is 22.7 Å². The summed E-state index contributed by atoms with van der Waals surface area (Å²) in [4.78, 5) is 53.3. The number of aliphatic hydroxyl groups excluding tert-OH is 2. The Morgan fingerprint density at radius 2 is 1.58 bits per heavy atom. The van der Waals surface area contributed by atoms with Crippen molar-refractivity contribution in [1.29, 1.82) is 0 Å². The van der Waals surface area contributed by atoms with Gasteiger partial charge in [-0.05, 0) is 84.0 Å². The zero-order valence-electron chi connectivity index (χ0n) is 29.6. The average Bonchev–Trinajstić information content (AvgIpc) is 3.03. The van der Waals surface area contributed by atoms with Gasteiger partial charge in [-0.1, -0.05) is 77.1 Å². The van der Waals surface area contributed by atoms with Gasteiger partial charge >= 0.3 is 0 Å². The van der Waals surface area contributed by atoms with Gasteiger partial charge in [-0.3, -0.25) is 19.2 Å². The molecule has 4 N–H and O–H groups in total. The number of aryl methyl sites for hydroxylation is 1. The van der Waals surface area contributed by atoms with E-state index in [1.54, 1.807) is 26.8 Å².